The fourth-order valence-electron chi connectivity index (χ4n) is 2.22. The van der Waals surface area contributed by atoms with Gasteiger partial charge in [-0.25, -0.2) is 4.79 Å². The van der Waals surface area contributed by atoms with Crippen LogP contribution >= 0.6 is 0 Å². The molecule has 108 valence electrons. The molecule has 1 aromatic carbocycles. The molecule has 1 heterocycles. The molecule has 0 atom stereocenters. The summed E-state index contributed by atoms with van der Waals surface area (Å²) in [6.45, 7) is 5.83. The molecule has 0 unspecified atom stereocenters. The van der Waals surface area contributed by atoms with Crippen molar-refractivity contribution < 1.29 is 9.90 Å². The second-order valence-corrected chi connectivity index (χ2v) is 5.65. The van der Waals surface area contributed by atoms with Crippen molar-refractivity contribution in [3.63, 3.8) is 0 Å². The van der Waals surface area contributed by atoms with E-state index in [0.717, 1.165) is 29.6 Å². The first-order valence-corrected chi connectivity index (χ1v) is 6.77. The van der Waals surface area contributed by atoms with E-state index in [1.165, 1.54) is 0 Å². The van der Waals surface area contributed by atoms with Crippen LogP contribution < -0.4 is 0 Å². The van der Waals surface area contributed by atoms with Crippen LogP contribution in [-0.2, 0) is 6.54 Å². The van der Waals surface area contributed by atoms with Gasteiger partial charge in [0, 0.05) is 18.1 Å². The molecule has 0 aliphatic carbocycles. The minimum atomic E-state index is -0.906. The zero-order valence-electron chi connectivity index (χ0n) is 12.4. The van der Waals surface area contributed by atoms with Gasteiger partial charge in [-0.3, -0.25) is 4.68 Å². The highest BCUT2D eigenvalue weighted by molar-refractivity contribution is 5.94. The van der Waals surface area contributed by atoms with Crippen LogP contribution in [0, 0.1) is 0 Å². The second-order valence-electron chi connectivity index (χ2n) is 5.65. The van der Waals surface area contributed by atoms with E-state index in [-0.39, 0.29) is 5.92 Å². The molecule has 0 aliphatic heterocycles. The number of carboxylic acids is 1. The molecule has 5 heteroatoms. The third-order valence-electron chi connectivity index (χ3n) is 3.35. The molecule has 0 bridgehead atoms. The van der Waals surface area contributed by atoms with E-state index < -0.39 is 5.97 Å². The Labute approximate surface area is 118 Å². The fraction of sp³-hybridized carbons (Fsp3) is 0.467. The van der Waals surface area contributed by atoms with Crippen LogP contribution in [0.15, 0.2) is 18.3 Å². The summed E-state index contributed by atoms with van der Waals surface area (Å²) in [7, 11) is 4.04. The van der Waals surface area contributed by atoms with Gasteiger partial charge in [-0.1, -0.05) is 13.8 Å². The summed E-state index contributed by atoms with van der Waals surface area (Å²) in [5.74, 6) is -0.639. The van der Waals surface area contributed by atoms with E-state index in [1.807, 2.05) is 25.0 Å². The molecule has 0 aliphatic rings. The molecule has 0 saturated heterocycles. The van der Waals surface area contributed by atoms with Gasteiger partial charge in [-0.05, 0) is 37.7 Å². The number of aromatic carboxylic acids is 1. The lowest BCUT2D eigenvalue weighted by Crippen LogP contribution is -2.18. The Kier molecular flexibility index (Phi) is 4.09. The molecule has 0 amide bonds. The Bertz CT molecular complexity index is 629. The van der Waals surface area contributed by atoms with E-state index >= 15 is 0 Å². The predicted octanol–water partition coefficient (Wildman–Crippen LogP) is 2.42. The number of likely N-dealkylation sites (N-methyl/N-ethyl adjacent to an activating group) is 1. The molecule has 2 aromatic rings. The minimum Gasteiger partial charge on any atom is -0.478 e. The number of nitrogens with zero attached hydrogens (tertiary/aromatic N) is 3. The Hall–Kier alpha value is -1.88. The highest BCUT2D eigenvalue weighted by Crippen LogP contribution is 2.26. The normalized spacial score (nSPS) is 11.7. The quantitative estimate of drug-likeness (QED) is 0.910. The first-order chi connectivity index (χ1) is 9.38. The zero-order valence-corrected chi connectivity index (χ0v) is 12.4. The lowest BCUT2D eigenvalue weighted by atomic mass is 9.97. The van der Waals surface area contributed by atoms with Crippen molar-refractivity contribution in [1.82, 2.24) is 14.7 Å². The molecule has 2 rings (SSSR count). The maximum Gasteiger partial charge on any atom is 0.335 e. The molecular weight excluding hydrogens is 254 g/mol. The third-order valence-corrected chi connectivity index (χ3v) is 3.35. The van der Waals surface area contributed by atoms with E-state index in [9.17, 15) is 9.90 Å². The van der Waals surface area contributed by atoms with Crippen LogP contribution in [0.4, 0.5) is 0 Å². The third kappa shape index (κ3) is 2.99. The van der Waals surface area contributed by atoms with Gasteiger partial charge in [0.2, 0.25) is 0 Å². The number of carbonyl (C=O) groups is 1. The van der Waals surface area contributed by atoms with Crippen molar-refractivity contribution in [3.05, 3.63) is 29.5 Å². The van der Waals surface area contributed by atoms with E-state index in [4.69, 9.17) is 0 Å². The molecule has 0 fully saturated rings. The van der Waals surface area contributed by atoms with E-state index in [1.54, 1.807) is 12.1 Å². The minimum absolute atomic E-state index is 0.267. The van der Waals surface area contributed by atoms with Crippen LogP contribution in [-0.4, -0.2) is 46.4 Å². The standard InChI is InChI=1S/C15H21N3O2/c1-10(2)12-7-11(15(19)20)8-14-13(12)9-18(16-14)6-5-17(3)4/h7-10H,5-6H2,1-4H3,(H,19,20). The van der Waals surface area contributed by atoms with Crippen LogP contribution in [0.2, 0.25) is 0 Å². The summed E-state index contributed by atoms with van der Waals surface area (Å²) in [5.41, 5.74) is 2.10. The lowest BCUT2D eigenvalue weighted by molar-refractivity contribution is 0.0697. The number of fused-ring (bicyclic) bond motifs is 1. The Balaban J connectivity index is 2.48. The molecule has 0 spiro atoms. The summed E-state index contributed by atoms with van der Waals surface area (Å²) < 4.78 is 1.89. The number of rotatable bonds is 5. The van der Waals surface area contributed by atoms with Crippen molar-refractivity contribution in [2.24, 2.45) is 0 Å². The van der Waals surface area contributed by atoms with Crippen molar-refractivity contribution >= 4 is 16.9 Å². The summed E-state index contributed by atoms with van der Waals surface area (Å²) in [6, 6.07) is 3.41. The van der Waals surface area contributed by atoms with Gasteiger partial charge in [0.1, 0.15) is 0 Å². The van der Waals surface area contributed by atoms with Crippen molar-refractivity contribution in [1.29, 1.82) is 0 Å². The Morgan fingerprint density at radius 3 is 2.65 bits per heavy atom. The molecule has 0 saturated carbocycles. The van der Waals surface area contributed by atoms with Crippen molar-refractivity contribution in [2.45, 2.75) is 26.3 Å². The maximum absolute atomic E-state index is 11.2. The van der Waals surface area contributed by atoms with Gasteiger partial charge in [0.15, 0.2) is 0 Å². The first-order valence-electron chi connectivity index (χ1n) is 6.77. The predicted molar refractivity (Wildman–Crippen MR) is 79.3 cm³/mol. The Morgan fingerprint density at radius 1 is 1.40 bits per heavy atom. The molecule has 5 nitrogen and oxygen atoms in total. The van der Waals surface area contributed by atoms with Gasteiger partial charge >= 0.3 is 5.97 Å². The summed E-state index contributed by atoms with van der Waals surface area (Å²) in [4.78, 5) is 13.3. The van der Waals surface area contributed by atoms with Gasteiger partial charge in [-0.2, -0.15) is 5.10 Å². The van der Waals surface area contributed by atoms with E-state index in [0.29, 0.717) is 5.56 Å². The maximum atomic E-state index is 11.2. The first kappa shape index (κ1) is 14.5. The number of aromatic nitrogens is 2. The van der Waals surface area contributed by atoms with Gasteiger partial charge < -0.3 is 10.0 Å². The monoisotopic (exact) mass is 275 g/mol. The topological polar surface area (TPSA) is 58.4 Å². The van der Waals surface area contributed by atoms with Crippen LogP contribution in [0.25, 0.3) is 10.9 Å². The highest BCUT2D eigenvalue weighted by atomic mass is 16.4. The lowest BCUT2D eigenvalue weighted by Gasteiger charge is -2.08. The molecular formula is C15H21N3O2. The molecule has 1 N–H and O–H groups in total. The van der Waals surface area contributed by atoms with E-state index in [2.05, 4.69) is 23.8 Å². The largest absolute Gasteiger partial charge is 0.478 e. The molecule has 0 radical (unpaired) electrons. The summed E-state index contributed by atoms with van der Waals surface area (Å²) >= 11 is 0. The van der Waals surface area contributed by atoms with Crippen molar-refractivity contribution in [2.75, 3.05) is 20.6 Å². The van der Waals surface area contributed by atoms with Crippen LogP contribution in [0.3, 0.4) is 0 Å². The smallest absolute Gasteiger partial charge is 0.335 e. The summed E-state index contributed by atoms with van der Waals surface area (Å²) in [6.07, 6.45) is 2.01. The number of hydrogen-bond acceptors (Lipinski definition) is 3. The van der Waals surface area contributed by atoms with Crippen LogP contribution in [0.5, 0.6) is 0 Å². The average molecular weight is 275 g/mol. The van der Waals surface area contributed by atoms with Gasteiger partial charge in [0.05, 0.1) is 17.6 Å². The number of hydrogen-bond donors (Lipinski definition) is 1. The fourth-order valence-corrected chi connectivity index (χ4v) is 2.22. The molecule has 1 aromatic heterocycles. The SMILES string of the molecule is CC(C)c1cc(C(=O)O)cc2nn(CCN(C)C)cc12. The zero-order chi connectivity index (χ0) is 14.9. The number of carboxylic acid groups (broad SMARTS) is 1. The van der Waals surface area contributed by atoms with Crippen LogP contribution in [0.1, 0.15) is 35.7 Å². The average Bonchev–Trinajstić information content (AvgIpc) is 2.77. The van der Waals surface area contributed by atoms with Gasteiger partial charge in [0.25, 0.3) is 0 Å². The van der Waals surface area contributed by atoms with Gasteiger partial charge in [-0.15, -0.1) is 0 Å². The second kappa shape index (κ2) is 5.63. The highest BCUT2D eigenvalue weighted by Gasteiger charge is 2.14. The van der Waals surface area contributed by atoms with Crippen molar-refractivity contribution in [3.8, 4) is 0 Å². The number of benzene rings is 1. The Morgan fingerprint density at radius 2 is 2.10 bits per heavy atom. The molecule has 20 heavy (non-hydrogen) atoms. The summed E-state index contributed by atoms with van der Waals surface area (Å²) in [5, 5.41) is 14.7.